The topological polar surface area (TPSA) is 0 Å². The molecule has 0 nitrogen and oxygen atoms in total. The predicted molar refractivity (Wildman–Crippen MR) is 79.5 cm³/mol. The average molecular weight is 368 g/mol. The maximum absolute atomic E-state index is 13.5. The normalized spacial score (nSPS) is 10.7. The van der Waals surface area contributed by atoms with Gasteiger partial charge in [-0.25, -0.2) is 4.39 Å². The Hall–Kier alpha value is -0.280. The third-order valence-electron chi connectivity index (χ3n) is 2.44. The van der Waals surface area contributed by atoms with Crippen molar-refractivity contribution in [2.24, 2.45) is 0 Å². The first kappa shape index (κ1) is 14.1. The van der Waals surface area contributed by atoms with E-state index in [0.717, 1.165) is 5.56 Å². The van der Waals surface area contributed by atoms with Gasteiger partial charge in [-0.05, 0) is 41.5 Å². The van der Waals surface area contributed by atoms with E-state index in [4.69, 9.17) is 34.8 Å². The molecule has 0 aliphatic carbocycles. The van der Waals surface area contributed by atoms with Crippen molar-refractivity contribution in [1.82, 2.24) is 0 Å². The minimum atomic E-state index is -0.339. The summed E-state index contributed by atoms with van der Waals surface area (Å²) < 4.78 is 13.5. The number of hydrogen-bond donors (Lipinski definition) is 0. The summed E-state index contributed by atoms with van der Waals surface area (Å²) in [5.74, 6) is -0.339. The lowest BCUT2D eigenvalue weighted by Gasteiger charge is -2.10. The molecule has 0 N–H and O–H groups in total. The average Bonchev–Trinajstić information content (AvgIpc) is 2.34. The summed E-state index contributed by atoms with van der Waals surface area (Å²) in [6, 6.07) is 7.91. The van der Waals surface area contributed by atoms with E-state index in [-0.39, 0.29) is 5.82 Å². The first-order chi connectivity index (χ1) is 8.52. The second-order valence-electron chi connectivity index (χ2n) is 3.70. The fourth-order valence-corrected chi connectivity index (χ4v) is 2.73. The molecule has 18 heavy (non-hydrogen) atoms. The summed E-state index contributed by atoms with van der Waals surface area (Å²) in [4.78, 5) is 0. The zero-order chi connectivity index (χ0) is 13.3. The van der Waals surface area contributed by atoms with Crippen LogP contribution in [0.15, 0.2) is 30.3 Å². The van der Waals surface area contributed by atoms with E-state index >= 15 is 0 Å². The monoisotopic (exact) mass is 366 g/mol. The number of benzene rings is 2. The summed E-state index contributed by atoms with van der Waals surface area (Å²) >= 11 is 21.5. The van der Waals surface area contributed by atoms with Crippen LogP contribution in [0.4, 0.5) is 4.39 Å². The Bertz CT molecular complexity index is 599. The lowest BCUT2D eigenvalue weighted by atomic mass is 10.0. The summed E-state index contributed by atoms with van der Waals surface area (Å²) in [7, 11) is 0. The Morgan fingerprint density at radius 3 is 2.33 bits per heavy atom. The minimum absolute atomic E-state index is 0.329. The lowest BCUT2D eigenvalue weighted by molar-refractivity contribution is 0.627. The molecule has 0 atom stereocenters. The van der Waals surface area contributed by atoms with Crippen LogP contribution in [0.1, 0.15) is 5.56 Å². The van der Waals surface area contributed by atoms with Crippen molar-refractivity contribution in [3.8, 4) is 11.1 Å². The van der Waals surface area contributed by atoms with Crippen molar-refractivity contribution in [2.75, 3.05) is 0 Å². The van der Waals surface area contributed by atoms with Gasteiger partial charge in [0.1, 0.15) is 5.82 Å². The molecule has 0 aromatic heterocycles. The van der Waals surface area contributed by atoms with Gasteiger partial charge in [0.2, 0.25) is 0 Å². The maximum Gasteiger partial charge on any atom is 0.124 e. The van der Waals surface area contributed by atoms with Gasteiger partial charge in [0.25, 0.3) is 0 Å². The molecular weight excluding hydrogens is 361 g/mol. The Morgan fingerprint density at radius 2 is 1.67 bits per heavy atom. The van der Waals surface area contributed by atoms with E-state index in [0.29, 0.717) is 31.5 Å². The van der Waals surface area contributed by atoms with Gasteiger partial charge < -0.3 is 0 Å². The molecule has 0 amide bonds. The van der Waals surface area contributed by atoms with E-state index in [1.807, 2.05) is 6.07 Å². The molecule has 0 unspecified atom stereocenters. The van der Waals surface area contributed by atoms with Gasteiger partial charge in [-0.1, -0.05) is 50.7 Å². The van der Waals surface area contributed by atoms with Gasteiger partial charge in [-0.15, -0.1) is 0 Å². The van der Waals surface area contributed by atoms with Crippen LogP contribution in [0, 0.1) is 5.82 Å². The Kier molecular flexibility index (Phi) is 4.54. The molecule has 0 saturated carbocycles. The molecule has 0 heterocycles. The van der Waals surface area contributed by atoms with Crippen LogP contribution < -0.4 is 0 Å². The molecular formula is C13H7BrCl3F. The quantitative estimate of drug-likeness (QED) is 0.428. The van der Waals surface area contributed by atoms with Gasteiger partial charge in [0.15, 0.2) is 0 Å². The molecule has 94 valence electrons. The number of halogens is 5. The molecule has 2 aromatic rings. The molecule has 0 spiro atoms. The SMILES string of the molecule is Fc1cc(CBr)cc(-c2c(Cl)ccc(Cl)c2Cl)c1. The highest BCUT2D eigenvalue weighted by atomic mass is 79.9. The zero-order valence-corrected chi connectivity index (χ0v) is 12.8. The fourth-order valence-electron chi connectivity index (χ4n) is 1.66. The predicted octanol–water partition coefficient (Wildman–Crippen LogP) is 6.35. The van der Waals surface area contributed by atoms with Crippen molar-refractivity contribution in [3.63, 3.8) is 0 Å². The first-order valence-electron chi connectivity index (χ1n) is 5.02. The highest BCUT2D eigenvalue weighted by Gasteiger charge is 2.13. The number of rotatable bonds is 2. The standard InChI is InChI=1S/C13H7BrCl3F/c14-6-7-3-8(5-9(18)4-7)12-10(15)1-2-11(16)13(12)17/h1-5H,6H2. The van der Waals surface area contributed by atoms with Crippen LogP contribution >= 0.6 is 50.7 Å². The third-order valence-corrected chi connectivity index (χ3v) is 4.21. The summed E-state index contributed by atoms with van der Waals surface area (Å²) in [5.41, 5.74) is 1.96. The highest BCUT2D eigenvalue weighted by Crippen LogP contribution is 2.39. The summed E-state index contributed by atoms with van der Waals surface area (Å²) in [6.45, 7) is 0. The van der Waals surface area contributed by atoms with Gasteiger partial charge in [0, 0.05) is 15.9 Å². The number of alkyl halides is 1. The molecule has 0 aliphatic heterocycles. The van der Waals surface area contributed by atoms with Crippen LogP contribution in [0.2, 0.25) is 15.1 Å². The van der Waals surface area contributed by atoms with Crippen LogP contribution in [0.3, 0.4) is 0 Å². The van der Waals surface area contributed by atoms with Crippen molar-refractivity contribution >= 4 is 50.7 Å². The van der Waals surface area contributed by atoms with Gasteiger partial charge >= 0.3 is 0 Å². The van der Waals surface area contributed by atoms with E-state index in [9.17, 15) is 4.39 Å². The molecule has 0 bridgehead atoms. The minimum Gasteiger partial charge on any atom is -0.207 e. The Morgan fingerprint density at radius 1 is 1.00 bits per heavy atom. The fraction of sp³-hybridized carbons (Fsp3) is 0.0769. The van der Waals surface area contributed by atoms with E-state index in [2.05, 4.69) is 15.9 Å². The van der Waals surface area contributed by atoms with Crippen LogP contribution in [-0.4, -0.2) is 0 Å². The highest BCUT2D eigenvalue weighted by molar-refractivity contribution is 9.08. The molecule has 0 fully saturated rings. The summed E-state index contributed by atoms with van der Waals surface area (Å²) in [5, 5.41) is 1.71. The molecule has 0 radical (unpaired) electrons. The lowest BCUT2D eigenvalue weighted by Crippen LogP contribution is -1.88. The number of hydrogen-bond acceptors (Lipinski definition) is 0. The second-order valence-corrected chi connectivity index (χ2v) is 5.45. The van der Waals surface area contributed by atoms with Crippen LogP contribution in [-0.2, 0) is 5.33 Å². The Balaban J connectivity index is 2.69. The largest absolute Gasteiger partial charge is 0.207 e. The molecule has 0 saturated heterocycles. The van der Waals surface area contributed by atoms with Gasteiger partial charge in [-0.2, -0.15) is 0 Å². The van der Waals surface area contributed by atoms with Gasteiger partial charge in [-0.3, -0.25) is 0 Å². The summed E-state index contributed by atoms with van der Waals surface area (Å²) in [6.07, 6.45) is 0. The Labute approximate surface area is 128 Å². The molecule has 5 heteroatoms. The van der Waals surface area contributed by atoms with Gasteiger partial charge in [0.05, 0.1) is 10.0 Å². The van der Waals surface area contributed by atoms with E-state index in [1.165, 1.54) is 12.1 Å². The van der Waals surface area contributed by atoms with Crippen molar-refractivity contribution < 1.29 is 4.39 Å². The van der Waals surface area contributed by atoms with Crippen molar-refractivity contribution in [3.05, 3.63) is 56.8 Å². The smallest absolute Gasteiger partial charge is 0.124 e. The second kappa shape index (κ2) is 5.79. The zero-order valence-electron chi connectivity index (χ0n) is 8.98. The third kappa shape index (κ3) is 2.83. The van der Waals surface area contributed by atoms with E-state index in [1.54, 1.807) is 12.1 Å². The van der Waals surface area contributed by atoms with Crippen LogP contribution in [0.5, 0.6) is 0 Å². The van der Waals surface area contributed by atoms with Crippen molar-refractivity contribution in [1.29, 1.82) is 0 Å². The maximum atomic E-state index is 13.5. The van der Waals surface area contributed by atoms with Crippen LogP contribution in [0.25, 0.3) is 11.1 Å². The van der Waals surface area contributed by atoms with Crippen molar-refractivity contribution in [2.45, 2.75) is 5.33 Å². The molecule has 2 rings (SSSR count). The molecule has 2 aromatic carbocycles. The first-order valence-corrected chi connectivity index (χ1v) is 7.27. The van der Waals surface area contributed by atoms with E-state index < -0.39 is 0 Å². The molecule has 0 aliphatic rings.